The summed E-state index contributed by atoms with van der Waals surface area (Å²) >= 11 is 0. The van der Waals surface area contributed by atoms with E-state index in [1.807, 2.05) is 0 Å². The van der Waals surface area contributed by atoms with E-state index >= 15 is 0 Å². The lowest BCUT2D eigenvalue weighted by Gasteiger charge is -2.30. The van der Waals surface area contributed by atoms with Crippen LogP contribution in [0.25, 0.3) is 0 Å². The zero-order chi connectivity index (χ0) is 20.6. The lowest BCUT2D eigenvalue weighted by molar-refractivity contribution is -0.0881. The summed E-state index contributed by atoms with van der Waals surface area (Å²) in [5, 5.41) is 9.19. The van der Waals surface area contributed by atoms with E-state index in [2.05, 4.69) is 20.9 Å². The number of halogens is 4. The number of nitrogens with one attached hydrogen (secondary N) is 3. The van der Waals surface area contributed by atoms with E-state index in [0.29, 0.717) is 43.0 Å². The van der Waals surface area contributed by atoms with Gasteiger partial charge in [-0.15, -0.1) is 0 Å². The van der Waals surface area contributed by atoms with Gasteiger partial charge < -0.3 is 16.0 Å². The number of anilines is 2. The van der Waals surface area contributed by atoms with Crippen molar-refractivity contribution in [2.75, 3.05) is 30.3 Å². The molecule has 1 saturated heterocycles. The Labute approximate surface area is 162 Å². The van der Waals surface area contributed by atoms with Gasteiger partial charge in [0.1, 0.15) is 5.67 Å². The summed E-state index contributed by atoms with van der Waals surface area (Å²) < 4.78 is 53.3. The van der Waals surface area contributed by atoms with Crippen LogP contribution in [0.2, 0.25) is 0 Å². The second-order valence-corrected chi connectivity index (χ2v) is 6.81. The Hall–Kier alpha value is -2.35. The fourth-order valence-corrected chi connectivity index (χ4v) is 2.83. The van der Waals surface area contributed by atoms with Gasteiger partial charge in [-0.05, 0) is 58.0 Å². The van der Waals surface area contributed by atoms with Crippen LogP contribution < -0.4 is 16.0 Å². The van der Waals surface area contributed by atoms with Crippen molar-refractivity contribution in [3.05, 3.63) is 54.0 Å². The van der Waals surface area contributed by atoms with Crippen molar-refractivity contribution >= 4 is 11.4 Å². The average Bonchev–Trinajstić information content (AvgIpc) is 2.63. The van der Waals surface area contributed by atoms with Gasteiger partial charge in [-0.25, -0.2) is 4.39 Å². The standard InChI is InChI=1S/C20H26F4N4/c1-3-4-16(20(22,23)24)6-5-15(2)28-18-11-17(12-26-13-18)27-14-19(21)7-9-25-10-8-19/h3-6,11-13,25,27-28H,7-10,14H2,1-2H3/b4-3-,15-5+,16-6+. The van der Waals surface area contributed by atoms with Gasteiger partial charge in [-0.2, -0.15) is 13.2 Å². The van der Waals surface area contributed by atoms with Crippen LogP contribution in [0.4, 0.5) is 28.9 Å². The molecule has 0 unspecified atom stereocenters. The van der Waals surface area contributed by atoms with Crippen molar-refractivity contribution < 1.29 is 17.6 Å². The van der Waals surface area contributed by atoms with Crippen LogP contribution in [0.1, 0.15) is 26.7 Å². The van der Waals surface area contributed by atoms with Crippen molar-refractivity contribution in [1.29, 1.82) is 0 Å². The Kier molecular flexibility index (Phi) is 7.62. The highest BCUT2D eigenvalue weighted by Crippen LogP contribution is 2.27. The lowest BCUT2D eigenvalue weighted by atomic mass is 9.94. The molecule has 1 fully saturated rings. The van der Waals surface area contributed by atoms with Gasteiger partial charge in [0.25, 0.3) is 0 Å². The molecule has 2 rings (SSSR count). The second-order valence-electron chi connectivity index (χ2n) is 6.81. The van der Waals surface area contributed by atoms with Crippen LogP contribution in [-0.2, 0) is 0 Å². The highest BCUT2D eigenvalue weighted by atomic mass is 19.4. The maximum Gasteiger partial charge on any atom is 0.416 e. The smallest absolute Gasteiger partial charge is 0.381 e. The third-order valence-electron chi connectivity index (χ3n) is 4.38. The molecule has 1 aliphatic rings. The molecule has 28 heavy (non-hydrogen) atoms. The Morgan fingerprint density at radius 3 is 2.54 bits per heavy atom. The molecule has 0 bridgehead atoms. The Morgan fingerprint density at radius 2 is 1.89 bits per heavy atom. The summed E-state index contributed by atoms with van der Waals surface area (Å²) in [6.07, 6.45) is 4.36. The molecular weight excluding hydrogens is 372 g/mol. The van der Waals surface area contributed by atoms with Gasteiger partial charge in [-0.1, -0.05) is 12.2 Å². The SMILES string of the molecule is C\C=C/C(=C\C=C(/C)Nc1cncc(NCC2(F)CCNCC2)c1)C(F)(F)F. The molecule has 0 amide bonds. The Bertz CT molecular complexity index is 732. The molecule has 0 aliphatic carbocycles. The zero-order valence-electron chi connectivity index (χ0n) is 16.0. The van der Waals surface area contributed by atoms with E-state index in [1.165, 1.54) is 19.1 Å². The van der Waals surface area contributed by atoms with Gasteiger partial charge >= 0.3 is 6.18 Å². The largest absolute Gasteiger partial charge is 0.416 e. The highest BCUT2D eigenvalue weighted by molar-refractivity contribution is 5.56. The topological polar surface area (TPSA) is 49.0 Å². The first-order chi connectivity index (χ1) is 13.2. The summed E-state index contributed by atoms with van der Waals surface area (Å²) in [5.41, 5.74) is -0.222. The Morgan fingerprint density at radius 1 is 1.21 bits per heavy atom. The molecule has 2 heterocycles. The minimum absolute atomic E-state index is 0.190. The predicted octanol–water partition coefficient (Wildman–Crippen LogP) is 4.97. The summed E-state index contributed by atoms with van der Waals surface area (Å²) in [6, 6.07) is 1.75. The summed E-state index contributed by atoms with van der Waals surface area (Å²) in [5.74, 6) is 0. The summed E-state index contributed by atoms with van der Waals surface area (Å²) in [7, 11) is 0. The number of hydrogen-bond donors (Lipinski definition) is 3. The molecule has 0 aromatic carbocycles. The van der Waals surface area contributed by atoms with Gasteiger partial charge in [0.05, 0.1) is 29.3 Å². The number of pyridine rings is 1. The van der Waals surface area contributed by atoms with E-state index in [0.717, 1.165) is 12.2 Å². The van der Waals surface area contributed by atoms with Crippen molar-refractivity contribution in [2.45, 2.75) is 38.5 Å². The molecule has 0 spiro atoms. The molecular formula is C20H26F4N4. The molecule has 0 radical (unpaired) electrons. The fraction of sp³-hybridized carbons (Fsp3) is 0.450. The van der Waals surface area contributed by atoms with Gasteiger partial charge in [-0.3, -0.25) is 4.98 Å². The van der Waals surface area contributed by atoms with Crippen molar-refractivity contribution in [3.8, 4) is 0 Å². The number of aromatic nitrogens is 1. The van der Waals surface area contributed by atoms with Crippen LogP contribution in [0.3, 0.4) is 0 Å². The van der Waals surface area contributed by atoms with Crippen LogP contribution in [0.15, 0.2) is 54.0 Å². The molecule has 154 valence electrons. The third kappa shape index (κ3) is 6.99. The molecule has 0 atom stereocenters. The number of nitrogens with zero attached hydrogens (tertiary/aromatic N) is 1. The monoisotopic (exact) mass is 398 g/mol. The van der Waals surface area contributed by atoms with E-state index < -0.39 is 17.4 Å². The molecule has 1 aromatic heterocycles. The highest BCUT2D eigenvalue weighted by Gasteiger charge is 2.31. The maximum atomic E-state index is 14.7. The minimum atomic E-state index is -4.41. The molecule has 4 nitrogen and oxygen atoms in total. The summed E-state index contributed by atoms with van der Waals surface area (Å²) in [6.45, 7) is 4.69. The molecule has 1 aliphatic heterocycles. The fourth-order valence-electron chi connectivity index (χ4n) is 2.83. The molecule has 1 aromatic rings. The summed E-state index contributed by atoms with van der Waals surface area (Å²) in [4.78, 5) is 4.09. The van der Waals surface area contributed by atoms with E-state index in [-0.39, 0.29) is 6.54 Å². The van der Waals surface area contributed by atoms with Gasteiger partial charge in [0.15, 0.2) is 0 Å². The second kappa shape index (κ2) is 9.73. The van der Waals surface area contributed by atoms with Crippen LogP contribution in [-0.4, -0.2) is 36.5 Å². The minimum Gasteiger partial charge on any atom is -0.381 e. The number of rotatable bonds is 7. The maximum absolute atomic E-state index is 14.7. The number of hydrogen-bond acceptors (Lipinski definition) is 4. The van der Waals surface area contributed by atoms with Crippen LogP contribution >= 0.6 is 0 Å². The first-order valence-electron chi connectivity index (χ1n) is 9.16. The number of allylic oxidation sites excluding steroid dienone is 6. The molecule has 3 N–H and O–H groups in total. The van der Waals surface area contributed by atoms with E-state index in [4.69, 9.17) is 0 Å². The quantitative estimate of drug-likeness (QED) is 0.449. The Balaban J connectivity index is 2.01. The van der Waals surface area contributed by atoms with Crippen molar-refractivity contribution in [2.24, 2.45) is 0 Å². The number of piperidine rings is 1. The van der Waals surface area contributed by atoms with Gasteiger partial charge in [0, 0.05) is 12.2 Å². The third-order valence-corrected chi connectivity index (χ3v) is 4.38. The average molecular weight is 398 g/mol. The van der Waals surface area contributed by atoms with Crippen molar-refractivity contribution in [3.63, 3.8) is 0 Å². The molecule has 8 heteroatoms. The predicted molar refractivity (Wildman–Crippen MR) is 105 cm³/mol. The zero-order valence-corrected chi connectivity index (χ0v) is 16.0. The first-order valence-corrected chi connectivity index (χ1v) is 9.16. The first kappa shape index (κ1) is 21.9. The van der Waals surface area contributed by atoms with Crippen LogP contribution in [0.5, 0.6) is 0 Å². The van der Waals surface area contributed by atoms with E-state index in [1.54, 1.807) is 25.4 Å². The lowest BCUT2D eigenvalue weighted by Crippen LogP contribution is -2.43. The molecule has 0 saturated carbocycles. The van der Waals surface area contributed by atoms with Crippen molar-refractivity contribution in [1.82, 2.24) is 10.3 Å². The van der Waals surface area contributed by atoms with Gasteiger partial charge in [0.2, 0.25) is 0 Å². The van der Waals surface area contributed by atoms with Crippen LogP contribution in [0, 0.1) is 0 Å². The number of alkyl halides is 4. The van der Waals surface area contributed by atoms with E-state index in [9.17, 15) is 17.6 Å². The normalized spacial score (nSPS) is 18.4.